The number of hydrogen-bond acceptors (Lipinski definition) is 2. The van der Waals surface area contributed by atoms with Crippen LogP contribution in [0, 0.1) is 5.82 Å². The van der Waals surface area contributed by atoms with Crippen molar-refractivity contribution in [2.75, 3.05) is 0 Å². The van der Waals surface area contributed by atoms with Crippen molar-refractivity contribution >= 4 is 0 Å². The molecule has 2 nitrogen and oxygen atoms in total. The molecule has 3 rings (SSSR count). The highest BCUT2D eigenvalue weighted by molar-refractivity contribution is 5.44. The number of phenolic OH excluding ortho intramolecular Hbond substituents is 1. The molecule has 2 atom stereocenters. The molecule has 0 fully saturated rings. The number of nitrogens with one attached hydrogen (secondary N) is 1. The highest BCUT2D eigenvalue weighted by atomic mass is 19.1. The van der Waals surface area contributed by atoms with Crippen molar-refractivity contribution in [2.24, 2.45) is 0 Å². The van der Waals surface area contributed by atoms with Gasteiger partial charge in [0.15, 0.2) is 0 Å². The van der Waals surface area contributed by atoms with Gasteiger partial charge in [-0.15, -0.1) is 0 Å². The SMILES string of the molecule is CC(Cc1ccc(F)cc1)NC1CCc2c(O)cccc21. The Bertz CT molecular complexity index is 624. The molecule has 0 heterocycles. The maximum Gasteiger partial charge on any atom is 0.123 e. The van der Waals surface area contributed by atoms with Gasteiger partial charge in [-0.1, -0.05) is 24.3 Å². The van der Waals surface area contributed by atoms with Crippen LogP contribution < -0.4 is 5.32 Å². The predicted molar refractivity (Wildman–Crippen MR) is 81.9 cm³/mol. The minimum absolute atomic E-state index is 0.195. The lowest BCUT2D eigenvalue weighted by atomic mass is 10.0. The van der Waals surface area contributed by atoms with E-state index >= 15 is 0 Å². The second-order valence-electron chi connectivity index (χ2n) is 5.83. The molecular weight excluding hydrogens is 265 g/mol. The molecule has 0 saturated heterocycles. The summed E-state index contributed by atoms with van der Waals surface area (Å²) in [4.78, 5) is 0. The lowest BCUT2D eigenvalue weighted by Crippen LogP contribution is -2.31. The third kappa shape index (κ3) is 3.08. The van der Waals surface area contributed by atoms with Crippen LogP contribution in [-0.2, 0) is 12.8 Å². The van der Waals surface area contributed by atoms with Gasteiger partial charge in [0.25, 0.3) is 0 Å². The summed E-state index contributed by atoms with van der Waals surface area (Å²) in [6.45, 7) is 2.14. The highest BCUT2D eigenvalue weighted by Gasteiger charge is 2.25. The predicted octanol–water partition coefficient (Wildman–Crippen LogP) is 3.74. The van der Waals surface area contributed by atoms with Gasteiger partial charge >= 0.3 is 0 Å². The summed E-state index contributed by atoms with van der Waals surface area (Å²) in [6.07, 6.45) is 2.80. The van der Waals surface area contributed by atoms with Crippen molar-refractivity contribution in [3.8, 4) is 5.75 Å². The maximum absolute atomic E-state index is 12.9. The summed E-state index contributed by atoms with van der Waals surface area (Å²) in [7, 11) is 0. The van der Waals surface area contributed by atoms with Gasteiger partial charge in [0.05, 0.1) is 0 Å². The Balaban J connectivity index is 1.65. The lowest BCUT2D eigenvalue weighted by Gasteiger charge is -2.20. The Hall–Kier alpha value is -1.87. The standard InChI is InChI=1S/C18H20FNO/c1-12(11-13-5-7-14(19)8-6-13)20-17-10-9-16-15(17)3-2-4-18(16)21/h2-8,12,17,20-21H,9-11H2,1H3. The quantitative estimate of drug-likeness (QED) is 0.897. The van der Waals surface area contributed by atoms with Gasteiger partial charge in [0, 0.05) is 12.1 Å². The highest BCUT2D eigenvalue weighted by Crippen LogP contribution is 2.36. The normalized spacial score (nSPS) is 18.5. The Morgan fingerprint density at radius 1 is 1.24 bits per heavy atom. The van der Waals surface area contributed by atoms with Crippen LogP contribution in [0.4, 0.5) is 4.39 Å². The van der Waals surface area contributed by atoms with Crippen LogP contribution in [0.3, 0.4) is 0 Å². The molecule has 2 aromatic rings. The molecular formula is C18H20FNO. The summed E-state index contributed by atoms with van der Waals surface area (Å²) in [5.41, 5.74) is 3.41. The van der Waals surface area contributed by atoms with Crippen LogP contribution in [-0.4, -0.2) is 11.1 Å². The third-order valence-corrected chi connectivity index (χ3v) is 4.19. The van der Waals surface area contributed by atoms with Crippen LogP contribution in [0.2, 0.25) is 0 Å². The summed E-state index contributed by atoms with van der Waals surface area (Å²) in [6, 6.07) is 13.0. The van der Waals surface area contributed by atoms with Crippen molar-refractivity contribution in [2.45, 2.75) is 38.3 Å². The van der Waals surface area contributed by atoms with Crippen molar-refractivity contribution in [3.05, 3.63) is 65.0 Å². The molecule has 0 saturated carbocycles. The van der Waals surface area contributed by atoms with E-state index in [1.54, 1.807) is 6.07 Å². The van der Waals surface area contributed by atoms with Gasteiger partial charge in [-0.25, -0.2) is 4.39 Å². The zero-order valence-corrected chi connectivity index (χ0v) is 12.1. The molecule has 110 valence electrons. The second kappa shape index (κ2) is 5.86. The van der Waals surface area contributed by atoms with E-state index in [0.717, 1.165) is 30.4 Å². The summed E-state index contributed by atoms with van der Waals surface area (Å²) in [5.74, 6) is 0.211. The van der Waals surface area contributed by atoms with Crippen molar-refractivity contribution in [1.29, 1.82) is 0 Å². The number of halogens is 1. The number of phenols is 1. The average Bonchev–Trinajstić information content (AvgIpc) is 2.86. The molecule has 2 unspecified atom stereocenters. The Morgan fingerprint density at radius 2 is 2.00 bits per heavy atom. The first kappa shape index (κ1) is 14.1. The third-order valence-electron chi connectivity index (χ3n) is 4.19. The Labute approximate surface area is 124 Å². The number of fused-ring (bicyclic) bond motifs is 1. The van der Waals surface area contributed by atoms with E-state index in [1.807, 2.05) is 18.2 Å². The molecule has 0 aliphatic heterocycles. The van der Waals surface area contributed by atoms with Crippen molar-refractivity contribution < 1.29 is 9.50 Å². The van der Waals surface area contributed by atoms with Gasteiger partial charge in [-0.2, -0.15) is 0 Å². The van der Waals surface area contributed by atoms with E-state index in [-0.39, 0.29) is 5.82 Å². The van der Waals surface area contributed by atoms with Crippen LogP contribution >= 0.6 is 0 Å². The maximum atomic E-state index is 12.9. The first-order chi connectivity index (χ1) is 10.1. The smallest absolute Gasteiger partial charge is 0.123 e. The van der Waals surface area contributed by atoms with Crippen LogP contribution in [0.1, 0.15) is 36.1 Å². The first-order valence-electron chi connectivity index (χ1n) is 7.44. The number of hydrogen-bond donors (Lipinski definition) is 2. The van der Waals surface area contributed by atoms with Gasteiger partial charge < -0.3 is 10.4 Å². The molecule has 3 heteroatoms. The molecule has 2 N–H and O–H groups in total. The molecule has 0 aromatic heterocycles. The van der Waals surface area contributed by atoms with Crippen molar-refractivity contribution in [3.63, 3.8) is 0 Å². The van der Waals surface area contributed by atoms with E-state index in [4.69, 9.17) is 0 Å². The molecule has 0 bridgehead atoms. The minimum atomic E-state index is -0.195. The molecule has 0 amide bonds. The van der Waals surface area contributed by atoms with E-state index in [0.29, 0.717) is 17.8 Å². The van der Waals surface area contributed by atoms with E-state index < -0.39 is 0 Å². The largest absolute Gasteiger partial charge is 0.508 e. The zero-order chi connectivity index (χ0) is 14.8. The number of benzene rings is 2. The monoisotopic (exact) mass is 285 g/mol. The number of aromatic hydroxyl groups is 1. The van der Waals surface area contributed by atoms with E-state index in [9.17, 15) is 9.50 Å². The first-order valence-corrected chi connectivity index (χ1v) is 7.44. The number of rotatable bonds is 4. The fraction of sp³-hybridized carbons (Fsp3) is 0.333. The summed E-state index contributed by atoms with van der Waals surface area (Å²) >= 11 is 0. The Kier molecular flexibility index (Phi) is 3.93. The fourth-order valence-electron chi connectivity index (χ4n) is 3.18. The van der Waals surface area contributed by atoms with Crippen LogP contribution in [0.15, 0.2) is 42.5 Å². The zero-order valence-electron chi connectivity index (χ0n) is 12.1. The summed E-state index contributed by atoms with van der Waals surface area (Å²) in [5, 5.41) is 13.5. The van der Waals surface area contributed by atoms with E-state index in [1.165, 1.54) is 17.7 Å². The van der Waals surface area contributed by atoms with Crippen LogP contribution in [0.25, 0.3) is 0 Å². The van der Waals surface area contributed by atoms with Gasteiger partial charge in [0.2, 0.25) is 0 Å². The lowest BCUT2D eigenvalue weighted by molar-refractivity contribution is 0.451. The second-order valence-corrected chi connectivity index (χ2v) is 5.83. The Morgan fingerprint density at radius 3 is 2.76 bits per heavy atom. The molecule has 1 aliphatic carbocycles. The van der Waals surface area contributed by atoms with Gasteiger partial charge in [-0.05, 0) is 61.1 Å². The van der Waals surface area contributed by atoms with Crippen molar-refractivity contribution in [1.82, 2.24) is 5.32 Å². The van der Waals surface area contributed by atoms with E-state index in [2.05, 4.69) is 18.3 Å². The topological polar surface area (TPSA) is 32.3 Å². The van der Waals surface area contributed by atoms with Gasteiger partial charge in [0.1, 0.15) is 11.6 Å². The molecule has 0 radical (unpaired) electrons. The molecule has 2 aromatic carbocycles. The molecule has 21 heavy (non-hydrogen) atoms. The molecule has 1 aliphatic rings. The summed E-state index contributed by atoms with van der Waals surface area (Å²) < 4.78 is 12.9. The minimum Gasteiger partial charge on any atom is -0.508 e. The average molecular weight is 285 g/mol. The van der Waals surface area contributed by atoms with Crippen LogP contribution in [0.5, 0.6) is 5.75 Å². The molecule has 0 spiro atoms. The van der Waals surface area contributed by atoms with Gasteiger partial charge in [-0.3, -0.25) is 0 Å². The fourth-order valence-corrected chi connectivity index (χ4v) is 3.18.